The molecule has 4 heterocycles. The minimum Gasteiger partial charge on any atom is -0.379 e. The number of halogens is 2. The summed E-state index contributed by atoms with van der Waals surface area (Å²) in [6.07, 6.45) is 6.76. The number of fused-ring (bicyclic) bond motifs is 1. The third-order valence-corrected chi connectivity index (χ3v) is 10.4. The maximum absolute atomic E-state index is 14.2. The molecule has 4 aliphatic heterocycles. The Balaban J connectivity index is 1.25. The van der Waals surface area contributed by atoms with E-state index in [-0.39, 0.29) is 22.9 Å². The van der Waals surface area contributed by atoms with Crippen LogP contribution in [0.3, 0.4) is 0 Å². The Morgan fingerprint density at radius 1 is 1.14 bits per heavy atom. The molecule has 4 fully saturated rings. The summed E-state index contributed by atoms with van der Waals surface area (Å²) in [4.78, 5) is 45.9. The standard InChI is InChI=1S/C31H40ClFN4O5/c1-18-5-3-6-23(19(18)2)35-29(39)27-31-10-9-24(42-31)25(28(38)34-20-7-8-22(33)21(32)17-20)26(31)30(40)37(27)12-4-11-36-13-15-41-16-14-36/h7-10,17-19,23-27H,3-6,11-16H2,1-2H3,(H,34,38)(H,35,39). The molecular weight excluding hydrogens is 563 g/mol. The van der Waals surface area contributed by atoms with Crippen LogP contribution in [0.4, 0.5) is 10.1 Å². The number of ether oxygens (including phenoxy) is 2. The molecule has 9 nitrogen and oxygen atoms in total. The highest BCUT2D eigenvalue weighted by molar-refractivity contribution is 6.31. The van der Waals surface area contributed by atoms with Crippen molar-refractivity contribution in [3.63, 3.8) is 0 Å². The smallest absolute Gasteiger partial charge is 0.246 e. The van der Waals surface area contributed by atoms with Crippen LogP contribution in [0.1, 0.15) is 39.5 Å². The van der Waals surface area contributed by atoms with Crippen molar-refractivity contribution < 1.29 is 28.2 Å². The lowest BCUT2D eigenvalue weighted by Gasteiger charge is -2.38. The molecule has 0 aromatic heterocycles. The molecule has 0 radical (unpaired) electrons. The molecule has 11 heteroatoms. The molecule has 6 rings (SSSR count). The zero-order valence-corrected chi connectivity index (χ0v) is 24.9. The quantitative estimate of drug-likeness (QED) is 0.443. The number of carbonyl (C=O) groups is 3. The van der Waals surface area contributed by atoms with Gasteiger partial charge in [-0.3, -0.25) is 19.3 Å². The molecule has 8 atom stereocenters. The fourth-order valence-electron chi connectivity index (χ4n) is 7.64. The Morgan fingerprint density at radius 3 is 2.69 bits per heavy atom. The highest BCUT2D eigenvalue weighted by Gasteiger charge is 2.72. The van der Waals surface area contributed by atoms with Gasteiger partial charge in [0.25, 0.3) is 0 Å². The maximum Gasteiger partial charge on any atom is 0.246 e. The molecule has 1 saturated carbocycles. The van der Waals surface area contributed by atoms with Crippen LogP contribution in [-0.2, 0) is 23.9 Å². The Labute approximate surface area is 251 Å². The number of likely N-dealkylation sites (tertiary alicyclic amines) is 1. The summed E-state index contributed by atoms with van der Waals surface area (Å²) in [5, 5.41) is 5.98. The second-order valence-electron chi connectivity index (χ2n) is 12.5. The van der Waals surface area contributed by atoms with Crippen LogP contribution in [0, 0.1) is 29.5 Å². The molecule has 5 aliphatic rings. The van der Waals surface area contributed by atoms with Gasteiger partial charge in [-0.25, -0.2) is 4.39 Å². The third kappa shape index (κ3) is 5.25. The van der Waals surface area contributed by atoms with E-state index in [0.717, 1.165) is 38.9 Å². The van der Waals surface area contributed by atoms with Crippen LogP contribution >= 0.6 is 11.6 Å². The van der Waals surface area contributed by atoms with E-state index in [1.54, 1.807) is 11.0 Å². The largest absolute Gasteiger partial charge is 0.379 e. The van der Waals surface area contributed by atoms with Crippen molar-refractivity contribution in [2.75, 3.05) is 44.7 Å². The Kier molecular flexibility index (Phi) is 8.34. The maximum atomic E-state index is 14.2. The van der Waals surface area contributed by atoms with E-state index in [1.165, 1.54) is 18.2 Å². The average Bonchev–Trinajstić information content (AvgIpc) is 3.61. The lowest BCUT2D eigenvalue weighted by Crippen LogP contribution is -2.58. The van der Waals surface area contributed by atoms with Crippen molar-refractivity contribution in [1.82, 2.24) is 15.1 Å². The fraction of sp³-hybridized carbons (Fsp3) is 0.645. The highest BCUT2D eigenvalue weighted by atomic mass is 35.5. The number of morpholine rings is 1. The number of nitrogens with zero attached hydrogens (tertiary/aromatic N) is 2. The van der Waals surface area contributed by atoms with Crippen LogP contribution < -0.4 is 10.6 Å². The van der Waals surface area contributed by atoms with Crippen LogP contribution in [-0.4, -0.2) is 90.7 Å². The number of nitrogens with one attached hydrogen (secondary N) is 2. The highest BCUT2D eigenvalue weighted by Crippen LogP contribution is 2.55. The van der Waals surface area contributed by atoms with Gasteiger partial charge in [-0.1, -0.05) is 50.4 Å². The van der Waals surface area contributed by atoms with Crippen molar-refractivity contribution in [2.24, 2.45) is 23.7 Å². The lowest BCUT2D eigenvalue weighted by molar-refractivity contribution is -0.141. The molecule has 228 valence electrons. The normalized spacial score (nSPS) is 35.9. The molecule has 1 aromatic rings. The summed E-state index contributed by atoms with van der Waals surface area (Å²) >= 11 is 5.93. The predicted octanol–water partition coefficient (Wildman–Crippen LogP) is 3.23. The second-order valence-corrected chi connectivity index (χ2v) is 12.9. The van der Waals surface area contributed by atoms with Gasteiger partial charge >= 0.3 is 0 Å². The van der Waals surface area contributed by atoms with Gasteiger partial charge in [0.05, 0.1) is 36.2 Å². The molecule has 42 heavy (non-hydrogen) atoms. The van der Waals surface area contributed by atoms with E-state index in [4.69, 9.17) is 21.1 Å². The van der Waals surface area contributed by atoms with Crippen LogP contribution in [0.25, 0.3) is 0 Å². The summed E-state index contributed by atoms with van der Waals surface area (Å²) < 4.78 is 25.6. The van der Waals surface area contributed by atoms with E-state index in [9.17, 15) is 18.8 Å². The minimum absolute atomic E-state index is 0.0203. The molecule has 3 saturated heterocycles. The lowest BCUT2D eigenvalue weighted by atomic mass is 9.73. The van der Waals surface area contributed by atoms with E-state index in [0.29, 0.717) is 43.7 Å². The average molecular weight is 603 g/mol. The second kappa shape index (κ2) is 11.9. The SMILES string of the molecule is CC1CCCC(NC(=O)C2N(CCCN3CCOCC3)C(=O)C3C(C(=O)Nc4ccc(F)c(Cl)c4)C4C=CC32O4)C1C. The number of hydrogen-bond donors (Lipinski definition) is 2. The van der Waals surface area contributed by atoms with Crippen molar-refractivity contribution in [2.45, 2.75) is 63.3 Å². The number of anilines is 1. The van der Waals surface area contributed by atoms with Crippen LogP contribution in [0.2, 0.25) is 5.02 Å². The van der Waals surface area contributed by atoms with E-state index in [2.05, 4.69) is 29.4 Å². The van der Waals surface area contributed by atoms with E-state index in [1.807, 2.05) is 6.08 Å². The first kappa shape index (κ1) is 29.5. The minimum atomic E-state index is -1.23. The van der Waals surface area contributed by atoms with Gasteiger partial charge in [0.2, 0.25) is 17.7 Å². The summed E-state index contributed by atoms with van der Waals surface area (Å²) in [6, 6.07) is 3.10. The Bertz CT molecular complexity index is 1260. The van der Waals surface area contributed by atoms with Crippen molar-refractivity contribution in [1.29, 1.82) is 0 Å². The molecule has 1 aromatic carbocycles. The molecule has 2 bridgehead atoms. The van der Waals surface area contributed by atoms with Gasteiger partial charge in [-0.2, -0.15) is 0 Å². The topological polar surface area (TPSA) is 100 Å². The number of hydrogen-bond acceptors (Lipinski definition) is 6. The fourth-order valence-corrected chi connectivity index (χ4v) is 7.82. The molecule has 3 amide bonds. The van der Waals surface area contributed by atoms with Crippen molar-refractivity contribution >= 4 is 35.0 Å². The number of amides is 3. The van der Waals surface area contributed by atoms with Gasteiger partial charge in [0.15, 0.2) is 0 Å². The van der Waals surface area contributed by atoms with Crippen LogP contribution in [0.15, 0.2) is 30.4 Å². The van der Waals surface area contributed by atoms with Gasteiger partial charge in [-0.05, 0) is 42.9 Å². The summed E-state index contributed by atoms with van der Waals surface area (Å²) in [5.74, 6) is -2.34. The number of benzene rings is 1. The van der Waals surface area contributed by atoms with E-state index >= 15 is 0 Å². The molecule has 1 aliphatic carbocycles. The molecular formula is C31H40ClFN4O5. The molecule has 2 N–H and O–H groups in total. The molecule has 1 spiro atoms. The first-order valence-electron chi connectivity index (χ1n) is 15.2. The first-order valence-corrected chi connectivity index (χ1v) is 15.6. The van der Waals surface area contributed by atoms with Crippen molar-refractivity contribution in [3.05, 3.63) is 41.2 Å². The summed E-state index contributed by atoms with van der Waals surface area (Å²) in [5.41, 5.74) is -0.897. The number of carbonyl (C=O) groups excluding carboxylic acids is 3. The number of rotatable bonds is 8. The Morgan fingerprint density at radius 2 is 1.93 bits per heavy atom. The van der Waals surface area contributed by atoms with E-state index < -0.39 is 41.3 Å². The third-order valence-electron chi connectivity index (χ3n) is 10.1. The zero-order valence-electron chi connectivity index (χ0n) is 24.2. The van der Waals surface area contributed by atoms with Gasteiger partial charge in [0, 0.05) is 37.9 Å². The van der Waals surface area contributed by atoms with Gasteiger partial charge < -0.3 is 25.0 Å². The van der Waals surface area contributed by atoms with Gasteiger partial charge in [-0.15, -0.1) is 0 Å². The summed E-state index contributed by atoms with van der Waals surface area (Å²) in [7, 11) is 0. The first-order chi connectivity index (χ1) is 20.2. The Hall–Kier alpha value is -2.53. The zero-order chi connectivity index (χ0) is 29.6. The van der Waals surface area contributed by atoms with Gasteiger partial charge in [0.1, 0.15) is 17.5 Å². The monoisotopic (exact) mass is 602 g/mol. The van der Waals surface area contributed by atoms with Crippen molar-refractivity contribution in [3.8, 4) is 0 Å². The summed E-state index contributed by atoms with van der Waals surface area (Å²) in [6.45, 7) is 8.61. The molecule has 8 unspecified atom stereocenters. The van der Waals surface area contributed by atoms with Crippen LogP contribution in [0.5, 0.6) is 0 Å². The predicted molar refractivity (Wildman–Crippen MR) is 155 cm³/mol.